The largest absolute Gasteiger partial charge is 0.497 e. The number of methoxy groups -OCH3 is 1. The third-order valence-electron chi connectivity index (χ3n) is 6.23. The van der Waals surface area contributed by atoms with Crippen LogP contribution in [0.1, 0.15) is 34.6 Å². The molecule has 7 heteroatoms. The van der Waals surface area contributed by atoms with E-state index in [1.165, 1.54) is 11.1 Å². The number of hydrogen-bond acceptors (Lipinski definition) is 5. The Bertz CT molecular complexity index is 1130. The second-order valence-corrected chi connectivity index (χ2v) is 8.81. The van der Waals surface area contributed by atoms with Gasteiger partial charge in [-0.05, 0) is 57.0 Å². The number of amides is 2. The standard InChI is InChI=1S/C27H33N5O2/c1-19-6-8-22(9-7-19)18-25-20(2)28-21(3)29-26(25)31-14-5-15-32(17-16-31)27(33)30-23-10-12-24(34-4)13-11-23/h6-13H,5,14-18H2,1-4H3,(H,30,33). The van der Waals surface area contributed by atoms with Crippen molar-refractivity contribution in [2.75, 3.05) is 43.5 Å². The molecule has 0 unspecified atom stereocenters. The third kappa shape index (κ3) is 5.65. The van der Waals surface area contributed by atoms with E-state index in [0.29, 0.717) is 13.1 Å². The first-order valence-corrected chi connectivity index (χ1v) is 11.8. The summed E-state index contributed by atoms with van der Waals surface area (Å²) in [5.74, 6) is 2.53. The van der Waals surface area contributed by atoms with Gasteiger partial charge < -0.3 is 19.9 Å². The van der Waals surface area contributed by atoms with Crippen molar-refractivity contribution in [2.24, 2.45) is 0 Å². The average molecular weight is 460 g/mol. The average Bonchev–Trinajstić information content (AvgIpc) is 3.09. The summed E-state index contributed by atoms with van der Waals surface area (Å²) >= 11 is 0. The molecule has 7 nitrogen and oxygen atoms in total. The Labute approximate surface area is 201 Å². The van der Waals surface area contributed by atoms with E-state index in [9.17, 15) is 4.79 Å². The van der Waals surface area contributed by atoms with Crippen molar-refractivity contribution < 1.29 is 9.53 Å². The lowest BCUT2D eigenvalue weighted by molar-refractivity contribution is 0.215. The number of benzene rings is 2. The van der Waals surface area contributed by atoms with Gasteiger partial charge in [0.25, 0.3) is 0 Å². The summed E-state index contributed by atoms with van der Waals surface area (Å²) in [6.07, 6.45) is 1.67. The smallest absolute Gasteiger partial charge is 0.321 e. The van der Waals surface area contributed by atoms with Gasteiger partial charge in [0.15, 0.2) is 0 Å². The summed E-state index contributed by atoms with van der Waals surface area (Å²) in [6, 6.07) is 15.9. The van der Waals surface area contributed by atoms with Crippen LogP contribution < -0.4 is 15.0 Å². The predicted molar refractivity (Wildman–Crippen MR) is 136 cm³/mol. The molecule has 0 radical (unpaired) electrons. The molecule has 1 aromatic heterocycles. The Hall–Kier alpha value is -3.61. The summed E-state index contributed by atoms with van der Waals surface area (Å²) < 4.78 is 5.19. The summed E-state index contributed by atoms with van der Waals surface area (Å²) in [4.78, 5) is 26.6. The highest BCUT2D eigenvalue weighted by Crippen LogP contribution is 2.25. The molecule has 34 heavy (non-hydrogen) atoms. The molecule has 2 amide bonds. The molecule has 1 N–H and O–H groups in total. The maximum atomic E-state index is 12.9. The van der Waals surface area contributed by atoms with Crippen LogP contribution in [-0.4, -0.2) is 54.2 Å². The van der Waals surface area contributed by atoms with Crippen LogP contribution in [0.4, 0.5) is 16.3 Å². The Kier molecular flexibility index (Phi) is 7.30. The predicted octanol–water partition coefficient (Wildman–Crippen LogP) is 4.75. The molecule has 0 saturated carbocycles. The van der Waals surface area contributed by atoms with E-state index < -0.39 is 0 Å². The second kappa shape index (κ2) is 10.5. The molecule has 1 aliphatic heterocycles. The summed E-state index contributed by atoms with van der Waals surface area (Å²) in [5.41, 5.74) is 5.43. The molecule has 1 aliphatic rings. The van der Waals surface area contributed by atoms with E-state index in [-0.39, 0.29) is 6.03 Å². The van der Waals surface area contributed by atoms with Gasteiger partial charge in [-0.15, -0.1) is 0 Å². The van der Waals surface area contributed by atoms with Crippen molar-refractivity contribution in [3.8, 4) is 5.75 Å². The van der Waals surface area contributed by atoms with E-state index in [2.05, 4.69) is 53.3 Å². The van der Waals surface area contributed by atoms with E-state index in [4.69, 9.17) is 9.72 Å². The molecule has 0 aliphatic carbocycles. The van der Waals surface area contributed by atoms with Crippen LogP contribution in [0, 0.1) is 20.8 Å². The van der Waals surface area contributed by atoms with Gasteiger partial charge in [0.05, 0.1) is 7.11 Å². The Morgan fingerprint density at radius 1 is 0.941 bits per heavy atom. The van der Waals surface area contributed by atoms with Gasteiger partial charge in [-0.3, -0.25) is 0 Å². The lowest BCUT2D eigenvalue weighted by Gasteiger charge is -2.26. The zero-order chi connectivity index (χ0) is 24.1. The maximum Gasteiger partial charge on any atom is 0.321 e. The number of nitrogens with zero attached hydrogens (tertiary/aromatic N) is 4. The number of nitrogens with one attached hydrogen (secondary N) is 1. The lowest BCUT2D eigenvalue weighted by Crippen LogP contribution is -2.38. The molecule has 178 valence electrons. The minimum Gasteiger partial charge on any atom is -0.497 e. The first-order chi connectivity index (χ1) is 16.4. The van der Waals surface area contributed by atoms with Crippen molar-refractivity contribution >= 4 is 17.5 Å². The zero-order valence-electron chi connectivity index (χ0n) is 20.5. The second-order valence-electron chi connectivity index (χ2n) is 8.81. The third-order valence-corrected chi connectivity index (χ3v) is 6.23. The number of aryl methyl sites for hydroxylation is 3. The highest BCUT2D eigenvalue weighted by molar-refractivity contribution is 5.89. The summed E-state index contributed by atoms with van der Waals surface area (Å²) in [6.45, 7) is 9.02. The Morgan fingerprint density at radius 3 is 2.38 bits per heavy atom. The van der Waals surface area contributed by atoms with Gasteiger partial charge in [0.1, 0.15) is 17.4 Å². The molecule has 2 aromatic carbocycles. The molecule has 3 aromatic rings. The SMILES string of the molecule is COc1ccc(NC(=O)N2CCCN(c3nc(C)nc(C)c3Cc3ccc(C)cc3)CC2)cc1. The fraction of sp³-hybridized carbons (Fsp3) is 0.370. The molecule has 1 saturated heterocycles. The van der Waals surface area contributed by atoms with Crippen molar-refractivity contribution in [3.05, 3.63) is 76.7 Å². The van der Waals surface area contributed by atoms with E-state index in [1.54, 1.807) is 7.11 Å². The summed E-state index contributed by atoms with van der Waals surface area (Å²) in [7, 11) is 1.63. The molecular formula is C27H33N5O2. The number of hydrogen-bond donors (Lipinski definition) is 1. The number of ether oxygens (including phenoxy) is 1. The first kappa shape index (κ1) is 23.5. The highest BCUT2D eigenvalue weighted by atomic mass is 16.5. The molecule has 2 heterocycles. The molecule has 0 bridgehead atoms. The number of aromatic nitrogens is 2. The normalized spacial score (nSPS) is 14.0. The number of urea groups is 1. The quantitative estimate of drug-likeness (QED) is 0.596. The fourth-order valence-corrected chi connectivity index (χ4v) is 4.31. The lowest BCUT2D eigenvalue weighted by atomic mass is 10.0. The minimum atomic E-state index is -0.0815. The van der Waals surface area contributed by atoms with Crippen molar-refractivity contribution in [3.63, 3.8) is 0 Å². The van der Waals surface area contributed by atoms with Crippen LogP contribution in [0.3, 0.4) is 0 Å². The van der Waals surface area contributed by atoms with Gasteiger partial charge >= 0.3 is 6.03 Å². The van der Waals surface area contributed by atoms with Crippen LogP contribution >= 0.6 is 0 Å². The zero-order valence-corrected chi connectivity index (χ0v) is 20.5. The topological polar surface area (TPSA) is 70.6 Å². The van der Waals surface area contributed by atoms with Gasteiger partial charge in [-0.25, -0.2) is 14.8 Å². The maximum absolute atomic E-state index is 12.9. The summed E-state index contributed by atoms with van der Waals surface area (Å²) in [5, 5.41) is 3.00. The van der Waals surface area contributed by atoms with Gasteiger partial charge in [-0.2, -0.15) is 0 Å². The van der Waals surface area contributed by atoms with E-state index >= 15 is 0 Å². The fourth-order valence-electron chi connectivity index (χ4n) is 4.31. The number of carbonyl (C=O) groups is 1. The van der Waals surface area contributed by atoms with Crippen LogP contribution in [0.25, 0.3) is 0 Å². The van der Waals surface area contributed by atoms with Gasteiger partial charge in [0, 0.05) is 49.5 Å². The van der Waals surface area contributed by atoms with Crippen LogP contribution in [-0.2, 0) is 6.42 Å². The van der Waals surface area contributed by atoms with Gasteiger partial charge in [0.2, 0.25) is 0 Å². The number of anilines is 2. The van der Waals surface area contributed by atoms with Crippen molar-refractivity contribution in [1.29, 1.82) is 0 Å². The van der Waals surface area contributed by atoms with Crippen LogP contribution in [0.5, 0.6) is 5.75 Å². The minimum absolute atomic E-state index is 0.0815. The van der Waals surface area contributed by atoms with Crippen LogP contribution in [0.2, 0.25) is 0 Å². The molecule has 1 fully saturated rings. The number of carbonyl (C=O) groups excluding carboxylic acids is 1. The van der Waals surface area contributed by atoms with Gasteiger partial charge in [-0.1, -0.05) is 29.8 Å². The molecule has 0 spiro atoms. The molecule has 0 atom stereocenters. The van der Waals surface area contributed by atoms with Crippen LogP contribution in [0.15, 0.2) is 48.5 Å². The molecular weight excluding hydrogens is 426 g/mol. The van der Waals surface area contributed by atoms with E-state index in [1.807, 2.05) is 36.1 Å². The molecule has 4 rings (SSSR count). The Morgan fingerprint density at radius 2 is 1.68 bits per heavy atom. The Balaban J connectivity index is 1.47. The first-order valence-electron chi connectivity index (χ1n) is 11.8. The van der Waals surface area contributed by atoms with E-state index in [0.717, 1.165) is 60.3 Å². The number of rotatable bonds is 5. The van der Waals surface area contributed by atoms with Crippen molar-refractivity contribution in [2.45, 2.75) is 33.6 Å². The highest BCUT2D eigenvalue weighted by Gasteiger charge is 2.23. The monoisotopic (exact) mass is 459 g/mol. The van der Waals surface area contributed by atoms with Crippen molar-refractivity contribution in [1.82, 2.24) is 14.9 Å².